The first-order valence-corrected chi connectivity index (χ1v) is 7.47. The number of nitrogens with one attached hydrogen (secondary N) is 2. The molecule has 0 aliphatic rings. The highest BCUT2D eigenvalue weighted by atomic mass is 19.2. The van der Waals surface area contributed by atoms with Crippen molar-refractivity contribution in [1.29, 1.82) is 0 Å². The van der Waals surface area contributed by atoms with E-state index in [1.807, 2.05) is 6.07 Å². The van der Waals surface area contributed by atoms with Crippen LogP contribution in [0.2, 0.25) is 0 Å². The average molecular weight is 330 g/mol. The Kier molecular flexibility index (Phi) is 4.31. The fraction of sp³-hybridized carbons (Fsp3) is 0.167. The van der Waals surface area contributed by atoms with Crippen molar-refractivity contribution < 1.29 is 18.7 Å². The van der Waals surface area contributed by atoms with Gasteiger partial charge in [0, 0.05) is 22.7 Å². The van der Waals surface area contributed by atoms with E-state index in [0.29, 0.717) is 5.56 Å². The number of aromatic nitrogens is 1. The van der Waals surface area contributed by atoms with Gasteiger partial charge < -0.3 is 15.4 Å². The van der Waals surface area contributed by atoms with Gasteiger partial charge in [0.2, 0.25) is 0 Å². The Bertz CT molecular complexity index is 892. The maximum Gasteiger partial charge on any atom is 0.251 e. The van der Waals surface area contributed by atoms with E-state index in [-0.39, 0.29) is 11.5 Å². The third-order valence-electron chi connectivity index (χ3n) is 3.93. The maximum absolute atomic E-state index is 13.3. The number of rotatable bonds is 4. The summed E-state index contributed by atoms with van der Waals surface area (Å²) in [5, 5.41) is 13.8. The number of fused-ring (bicyclic) bond motifs is 1. The molecule has 1 heterocycles. The Balaban J connectivity index is 1.73. The first kappa shape index (κ1) is 16.1. The minimum atomic E-state index is -1.15. The van der Waals surface area contributed by atoms with Crippen LogP contribution in [-0.2, 0) is 0 Å². The van der Waals surface area contributed by atoms with Crippen LogP contribution >= 0.6 is 0 Å². The Labute approximate surface area is 137 Å². The molecular formula is C18H16F2N2O2. The average Bonchev–Trinajstić information content (AvgIpc) is 3.04. The number of carbonyl (C=O) groups is 1. The Morgan fingerprint density at radius 2 is 1.92 bits per heavy atom. The number of aliphatic hydroxyl groups excluding tert-OH is 1. The van der Waals surface area contributed by atoms with Crippen molar-refractivity contribution >= 4 is 16.8 Å². The van der Waals surface area contributed by atoms with Crippen molar-refractivity contribution in [1.82, 2.24) is 10.3 Å². The van der Waals surface area contributed by atoms with E-state index in [1.54, 1.807) is 31.3 Å². The van der Waals surface area contributed by atoms with Gasteiger partial charge in [-0.05, 0) is 48.9 Å². The summed E-state index contributed by atoms with van der Waals surface area (Å²) in [4.78, 5) is 15.3. The van der Waals surface area contributed by atoms with Crippen LogP contribution in [0.1, 0.15) is 28.9 Å². The molecule has 2 aromatic carbocycles. The monoisotopic (exact) mass is 330 g/mol. The first-order chi connectivity index (χ1) is 11.5. The summed E-state index contributed by atoms with van der Waals surface area (Å²) in [5.41, 5.74) is 1.57. The highest BCUT2D eigenvalue weighted by Gasteiger charge is 2.20. The normalized spacial score (nSPS) is 13.7. The lowest BCUT2D eigenvalue weighted by atomic mass is 10.0. The fourth-order valence-corrected chi connectivity index (χ4v) is 2.55. The van der Waals surface area contributed by atoms with E-state index >= 15 is 0 Å². The minimum Gasteiger partial charge on any atom is -0.386 e. The summed E-state index contributed by atoms with van der Waals surface area (Å²) in [6.07, 6.45) is 0.627. The SMILES string of the molecule is CC(NC(=O)c1ccc2[nH]ccc2c1)C(O)c1ccc(F)c(F)c1. The number of hydrogen-bond donors (Lipinski definition) is 3. The lowest BCUT2D eigenvalue weighted by molar-refractivity contribution is 0.0851. The molecule has 3 rings (SSSR count). The van der Waals surface area contributed by atoms with Crippen molar-refractivity contribution in [2.24, 2.45) is 0 Å². The number of hydrogen-bond acceptors (Lipinski definition) is 2. The summed E-state index contributed by atoms with van der Waals surface area (Å²) in [7, 11) is 0. The molecule has 0 radical (unpaired) electrons. The quantitative estimate of drug-likeness (QED) is 0.687. The van der Waals surface area contributed by atoms with Crippen molar-refractivity contribution in [3.63, 3.8) is 0 Å². The van der Waals surface area contributed by atoms with Crippen LogP contribution in [0, 0.1) is 11.6 Å². The van der Waals surface area contributed by atoms with E-state index in [0.717, 1.165) is 23.0 Å². The molecule has 0 saturated carbocycles. The molecule has 0 bridgehead atoms. The van der Waals surface area contributed by atoms with Crippen LogP contribution < -0.4 is 5.32 Å². The molecule has 1 aromatic heterocycles. The van der Waals surface area contributed by atoms with Gasteiger partial charge in [-0.2, -0.15) is 0 Å². The van der Waals surface area contributed by atoms with Gasteiger partial charge in [-0.15, -0.1) is 0 Å². The second-order valence-electron chi connectivity index (χ2n) is 5.66. The largest absolute Gasteiger partial charge is 0.386 e. The highest BCUT2D eigenvalue weighted by molar-refractivity contribution is 5.98. The molecule has 0 saturated heterocycles. The van der Waals surface area contributed by atoms with Crippen LogP contribution in [0.4, 0.5) is 8.78 Å². The van der Waals surface area contributed by atoms with Crippen LogP contribution in [-0.4, -0.2) is 22.0 Å². The maximum atomic E-state index is 13.3. The van der Waals surface area contributed by atoms with Crippen molar-refractivity contribution in [2.75, 3.05) is 0 Å². The van der Waals surface area contributed by atoms with Gasteiger partial charge in [0.05, 0.1) is 12.1 Å². The van der Waals surface area contributed by atoms with E-state index in [1.165, 1.54) is 6.07 Å². The van der Waals surface area contributed by atoms with E-state index in [4.69, 9.17) is 0 Å². The summed E-state index contributed by atoms with van der Waals surface area (Å²) < 4.78 is 26.2. The second-order valence-corrected chi connectivity index (χ2v) is 5.66. The predicted molar refractivity (Wildman–Crippen MR) is 86.5 cm³/mol. The van der Waals surface area contributed by atoms with Crippen molar-refractivity contribution in [3.05, 3.63) is 71.4 Å². The predicted octanol–water partition coefficient (Wildman–Crippen LogP) is 3.30. The third-order valence-corrected chi connectivity index (χ3v) is 3.93. The van der Waals surface area contributed by atoms with Gasteiger partial charge in [0.1, 0.15) is 0 Å². The smallest absolute Gasteiger partial charge is 0.251 e. The van der Waals surface area contributed by atoms with E-state index in [9.17, 15) is 18.7 Å². The number of benzene rings is 2. The zero-order chi connectivity index (χ0) is 17.3. The van der Waals surface area contributed by atoms with Crippen LogP contribution in [0.25, 0.3) is 10.9 Å². The molecule has 4 nitrogen and oxygen atoms in total. The highest BCUT2D eigenvalue weighted by Crippen LogP contribution is 2.20. The van der Waals surface area contributed by atoms with Gasteiger partial charge >= 0.3 is 0 Å². The van der Waals surface area contributed by atoms with Gasteiger partial charge in [0.25, 0.3) is 5.91 Å². The number of amides is 1. The molecule has 6 heteroatoms. The molecule has 2 unspecified atom stereocenters. The Morgan fingerprint density at radius 3 is 2.67 bits per heavy atom. The molecule has 3 N–H and O–H groups in total. The number of aromatic amines is 1. The fourth-order valence-electron chi connectivity index (χ4n) is 2.55. The number of halogens is 2. The van der Waals surface area contributed by atoms with Gasteiger partial charge in [-0.3, -0.25) is 4.79 Å². The lowest BCUT2D eigenvalue weighted by Gasteiger charge is -2.21. The summed E-state index contributed by atoms with van der Waals surface area (Å²) in [6, 6.07) is 9.54. The van der Waals surface area contributed by atoms with Crippen LogP contribution in [0.5, 0.6) is 0 Å². The molecule has 1 amide bonds. The van der Waals surface area contributed by atoms with Gasteiger partial charge in [-0.25, -0.2) is 8.78 Å². The zero-order valence-electron chi connectivity index (χ0n) is 12.9. The molecule has 0 aliphatic heterocycles. The Hall–Kier alpha value is -2.73. The molecule has 124 valence electrons. The minimum absolute atomic E-state index is 0.197. The Morgan fingerprint density at radius 1 is 1.12 bits per heavy atom. The van der Waals surface area contributed by atoms with Crippen molar-refractivity contribution in [2.45, 2.75) is 19.1 Å². The summed E-state index contributed by atoms with van der Waals surface area (Å²) >= 11 is 0. The molecule has 24 heavy (non-hydrogen) atoms. The topological polar surface area (TPSA) is 65.1 Å². The molecular weight excluding hydrogens is 314 g/mol. The molecule has 0 fully saturated rings. The molecule has 0 spiro atoms. The molecule has 2 atom stereocenters. The number of carbonyl (C=O) groups excluding carboxylic acids is 1. The third kappa shape index (κ3) is 3.14. The van der Waals surface area contributed by atoms with Crippen LogP contribution in [0.3, 0.4) is 0 Å². The van der Waals surface area contributed by atoms with Gasteiger partial charge in [-0.1, -0.05) is 6.07 Å². The number of aliphatic hydroxyl groups is 1. The molecule has 0 aliphatic carbocycles. The van der Waals surface area contributed by atoms with Crippen molar-refractivity contribution in [3.8, 4) is 0 Å². The lowest BCUT2D eigenvalue weighted by Crippen LogP contribution is -2.37. The zero-order valence-corrected chi connectivity index (χ0v) is 12.9. The number of H-pyrrole nitrogens is 1. The standard InChI is InChI=1S/C18H16F2N2O2/c1-10(17(23)12-2-4-14(19)15(20)9-12)22-18(24)13-3-5-16-11(8-13)6-7-21-16/h2-10,17,21,23H,1H3,(H,22,24). The van der Waals surface area contributed by atoms with Gasteiger partial charge in [0.15, 0.2) is 11.6 Å². The summed E-state index contributed by atoms with van der Waals surface area (Å²) in [6.45, 7) is 1.60. The first-order valence-electron chi connectivity index (χ1n) is 7.47. The molecule has 3 aromatic rings. The second kappa shape index (κ2) is 6.41. The van der Waals surface area contributed by atoms with Crippen LogP contribution in [0.15, 0.2) is 48.7 Å². The summed E-state index contributed by atoms with van der Waals surface area (Å²) in [5.74, 6) is -2.38. The van der Waals surface area contributed by atoms with E-state index in [2.05, 4.69) is 10.3 Å². The van der Waals surface area contributed by atoms with E-state index < -0.39 is 23.8 Å².